The molecule has 3 atom stereocenters. The molecule has 9 heteroatoms. The second-order valence-corrected chi connectivity index (χ2v) is 7.58. The molecular formula is C15H20F6O3. The molecule has 3 nitrogen and oxygen atoms in total. The molecule has 0 N–H and O–H groups in total. The smallest absolute Gasteiger partial charge is 0.429 e. The van der Waals surface area contributed by atoms with E-state index in [-0.39, 0.29) is 18.8 Å². The summed E-state index contributed by atoms with van der Waals surface area (Å²) >= 11 is 0. The number of carbonyl (C=O) groups is 1. The largest absolute Gasteiger partial charge is 0.510 e. The molecule has 2 aliphatic rings. The van der Waals surface area contributed by atoms with Crippen LogP contribution in [0.5, 0.6) is 0 Å². The van der Waals surface area contributed by atoms with E-state index in [4.69, 9.17) is 0 Å². The number of halogens is 6. The summed E-state index contributed by atoms with van der Waals surface area (Å²) in [6.07, 6.45) is -12.6. The molecule has 0 saturated heterocycles. The van der Waals surface area contributed by atoms with Gasteiger partial charge in [-0.3, -0.25) is 0 Å². The van der Waals surface area contributed by atoms with Gasteiger partial charge in [0, 0.05) is 5.92 Å². The topological polar surface area (TPSA) is 35.5 Å². The Morgan fingerprint density at radius 3 is 1.75 bits per heavy atom. The van der Waals surface area contributed by atoms with E-state index in [1.54, 1.807) is 0 Å². The fourth-order valence-corrected chi connectivity index (χ4v) is 3.92. The molecule has 2 bridgehead atoms. The van der Waals surface area contributed by atoms with Crippen molar-refractivity contribution in [3.63, 3.8) is 0 Å². The lowest BCUT2D eigenvalue weighted by molar-refractivity contribution is -0.389. The molecule has 0 aromatic rings. The van der Waals surface area contributed by atoms with Crippen LogP contribution >= 0.6 is 0 Å². The fraction of sp³-hybridized carbons (Fsp3) is 0.933. The molecule has 2 fully saturated rings. The predicted molar refractivity (Wildman–Crippen MR) is 71.1 cm³/mol. The maximum Gasteiger partial charge on any atom is 0.510 e. The summed E-state index contributed by atoms with van der Waals surface area (Å²) in [5.41, 5.74) is -5.79. The van der Waals surface area contributed by atoms with Crippen molar-refractivity contribution in [2.45, 2.75) is 70.0 Å². The number of ether oxygens (including phenoxy) is 2. The fourth-order valence-electron chi connectivity index (χ4n) is 3.92. The Balaban J connectivity index is 2.42. The van der Waals surface area contributed by atoms with Crippen molar-refractivity contribution in [3.05, 3.63) is 0 Å². The van der Waals surface area contributed by atoms with Crippen molar-refractivity contribution in [3.8, 4) is 0 Å². The quantitative estimate of drug-likeness (QED) is 0.498. The second kappa shape index (κ2) is 5.69. The van der Waals surface area contributed by atoms with Gasteiger partial charge in [0.25, 0.3) is 0 Å². The van der Waals surface area contributed by atoms with Gasteiger partial charge in [-0.1, -0.05) is 6.42 Å². The number of hydrogen-bond acceptors (Lipinski definition) is 3. The molecule has 140 valence electrons. The lowest BCUT2D eigenvalue weighted by Crippen LogP contribution is -2.65. The minimum atomic E-state index is -5.78. The number of fused-ring (bicyclic) bond motifs is 2. The van der Waals surface area contributed by atoms with Crippen LogP contribution in [-0.2, 0) is 9.47 Å². The molecule has 0 heterocycles. The number of hydrogen-bond donors (Lipinski definition) is 0. The van der Waals surface area contributed by atoms with Crippen LogP contribution in [0.15, 0.2) is 0 Å². The van der Waals surface area contributed by atoms with Gasteiger partial charge in [0.2, 0.25) is 0 Å². The maximum atomic E-state index is 13.6. The third kappa shape index (κ3) is 3.31. The van der Waals surface area contributed by atoms with Gasteiger partial charge in [-0.05, 0) is 51.9 Å². The third-order valence-corrected chi connectivity index (χ3v) is 4.74. The lowest BCUT2D eigenvalue weighted by Gasteiger charge is -2.43. The zero-order valence-corrected chi connectivity index (χ0v) is 13.6. The van der Waals surface area contributed by atoms with Crippen molar-refractivity contribution >= 4 is 6.16 Å². The standard InChI is InChI=1S/C15H20F6O3/c1-12(2,3)23-11(22)24-13(14(16,17)18,15(19,20)21)10-7-8-4-5-9(10)6-8/h8-10H,4-7H2,1-3H3. The first-order valence-corrected chi connectivity index (χ1v) is 7.73. The van der Waals surface area contributed by atoms with Crippen LogP contribution < -0.4 is 0 Å². The van der Waals surface area contributed by atoms with Crippen LogP contribution in [-0.4, -0.2) is 29.7 Å². The van der Waals surface area contributed by atoms with Gasteiger partial charge in [0.15, 0.2) is 0 Å². The van der Waals surface area contributed by atoms with E-state index in [1.165, 1.54) is 20.8 Å². The Bertz CT molecular complexity index is 477. The highest BCUT2D eigenvalue weighted by molar-refractivity contribution is 5.61. The SMILES string of the molecule is CC(C)(C)OC(=O)OC(C1CC2CCC1C2)(C(F)(F)F)C(F)(F)F. The molecule has 0 amide bonds. The van der Waals surface area contributed by atoms with Crippen LogP contribution in [0.2, 0.25) is 0 Å². The van der Waals surface area contributed by atoms with E-state index >= 15 is 0 Å². The number of rotatable bonds is 2. The Labute approximate surface area is 135 Å². The summed E-state index contributed by atoms with van der Waals surface area (Å²) in [5, 5.41) is 0. The minimum absolute atomic E-state index is 0.189. The third-order valence-electron chi connectivity index (χ3n) is 4.74. The summed E-state index contributed by atoms with van der Waals surface area (Å²) < 4.78 is 90.2. The van der Waals surface area contributed by atoms with Crippen molar-refractivity contribution in [1.82, 2.24) is 0 Å². The van der Waals surface area contributed by atoms with Crippen molar-refractivity contribution in [1.29, 1.82) is 0 Å². The number of alkyl halides is 6. The highest BCUT2D eigenvalue weighted by atomic mass is 19.4. The van der Waals surface area contributed by atoms with Gasteiger partial charge in [0.05, 0.1) is 0 Å². The maximum absolute atomic E-state index is 13.6. The molecule has 2 rings (SSSR count). The first kappa shape index (κ1) is 19.2. The molecule has 0 aliphatic heterocycles. The summed E-state index contributed by atoms with van der Waals surface area (Å²) in [6, 6.07) is 0. The predicted octanol–water partition coefficient (Wildman–Crippen LogP) is 5.24. The van der Waals surface area contributed by atoms with Gasteiger partial charge in [-0.15, -0.1) is 0 Å². The molecule has 0 aromatic carbocycles. The average Bonchev–Trinajstić information content (AvgIpc) is 2.92. The molecule has 24 heavy (non-hydrogen) atoms. The Hall–Kier alpha value is -1.15. The minimum Gasteiger partial charge on any atom is -0.429 e. The summed E-state index contributed by atoms with van der Waals surface area (Å²) in [5.74, 6) is -2.78. The van der Waals surface area contributed by atoms with Crippen LogP contribution in [0.3, 0.4) is 0 Å². The Morgan fingerprint density at radius 2 is 1.42 bits per heavy atom. The van der Waals surface area contributed by atoms with E-state index in [9.17, 15) is 31.1 Å². The highest BCUT2D eigenvalue weighted by Crippen LogP contribution is 2.61. The zero-order chi connectivity index (χ0) is 18.6. The molecule has 2 aliphatic carbocycles. The van der Waals surface area contributed by atoms with E-state index < -0.39 is 41.5 Å². The molecule has 0 spiro atoms. The molecule has 3 unspecified atom stereocenters. The van der Waals surface area contributed by atoms with E-state index in [0.29, 0.717) is 12.8 Å². The molecule has 2 saturated carbocycles. The summed E-state index contributed by atoms with van der Waals surface area (Å²) in [7, 11) is 0. The summed E-state index contributed by atoms with van der Waals surface area (Å²) in [6.45, 7) is 3.98. The average molecular weight is 362 g/mol. The van der Waals surface area contributed by atoms with Gasteiger partial charge in [0.1, 0.15) is 5.60 Å². The van der Waals surface area contributed by atoms with Crippen LogP contribution in [0.25, 0.3) is 0 Å². The second-order valence-electron chi connectivity index (χ2n) is 7.58. The highest BCUT2D eigenvalue weighted by Gasteiger charge is 2.79. The van der Waals surface area contributed by atoms with Crippen molar-refractivity contribution in [2.75, 3.05) is 0 Å². The van der Waals surface area contributed by atoms with Crippen LogP contribution in [0.1, 0.15) is 46.5 Å². The molecule has 0 radical (unpaired) electrons. The Morgan fingerprint density at radius 1 is 0.875 bits per heavy atom. The Kier molecular flexibility index (Phi) is 4.55. The van der Waals surface area contributed by atoms with E-state index in [1.807, 2.05) is 0 Å². The number of carbonyl (C=O) groups excluding carboxylic acids is 1. The first-order chi connectivity index (χ1) is 10.7. The zero-order valence-electron chi connectivity index (χ0n) is 13.6. The van der Waals surface area contributed by atoms with Gasteiger partial charge < -0.3 is 9.47 Å². The van der Waals surface area contributed by atoms with E-state index in [0.717, 1.165) is 0 Å². The van der Waals surface area contributed by atoms with E-state index in [2.05, 4.69) is 9.47 Å². The van der Waals surface area contributed by atoms with Crippen LogP contribution in [0.4, 0.5) is 31.1 Å². The van der Waals surface area contributed by atoms with Crippen molar-refractivity contribution in [2.24, 2.45) is 17.8 Å². The molecular weight excluding hydrogens is 342 g/mol. The van der Waals surface area contributed by atoms with Crippen LogP contribution in [0, 0.1) is 17.8 Å². The monoisotopic (exact) mass is 362 g/mol. The molecule has 0 aromatic heterocycles. The van der Waals surface area contributed by atoms with Gasteiger partial charge in [-0.25, -0.2) is 4.79 Å². The normalized spacial score (nSPS) is 28.1. The summed E-state index contributed by atoms with van der Waals surface area (Å²) in [4.78, 5) is 11.7. The first-order valence-electron chi connectivity index (χ1n) is 7.73. The van der Waals surface area contributed by atoms with Gasteiger partial charge >= 0.3 is 24.1 Å². The van der Waals surface area contributed by atoms with Crippen molar-refractivity contribution < 1.29 is 40.6 Å². The van der Waals surface area contributed by atoms with Gasteiger partial charge in [-0.2, -0.15) is 26.3 Å². The lowest BCUT2D eigenvalue weighted by atomic mass is 9.75.